The van der Waals surface area contributed by atoms with E-state index in [2.05, 4.69) is 58.1 Å². The van der Waals surface area contributed by atoms with Crippen LogP contribution in [0.15, 0.2) is 73.1 Å². The van der Waals surface area contributed by atoms with Gasteiger partial charge in [-0.3, -0.25) is 9.78 Å². The number of hydrogen-bond acceptors (Lipinski definition) is 3. The van der Waals surface area contributed by atoms with Gasteiger partial charge in [-0.2, -0.15) is 0 Å². The number of anilines is 1. The number of pyridine rings is 1. The van der Waals surface area contributed by atoms with E-state index in [4.69, 9.17) is 0 Å². The first-order valence-corrected chi connectivity index (χ1v) is 11.4. The van der Waals surface area contributed by atoms with Crippen molar-refractivity contribution in [2.75, 3.05) is 5.32 Å². The van der Waals surface area contributed by atoms with Gasteiger partial charge in [0, 0.05) is 30.2 Å². The summed E-state index contributed by atoms with van der Waals surface area (Å²) in [6.45, 7) is 0.495. The number of fused-ring (bicyclic) bond motifs is 7. The third kappa shape index (κ3) is 3.21. The van der Waals surface area contributed by atoms with Gasteiger partial charge in [-0.1, -0.05) is 36.4 Å². The number of rotatable bonds is 4. The highest BCUT2D eigenvalue weighted by Gasteiger charge is 2.53. The first-order chi connectivity index (χ1) is 15.3. The van der Waals surface area contributed by atoms with Crippen LogP contribution in [0.25, 0.3) is 0 Å². The number of amides is 1. The monoisotopic (exact) mass is 409 g/mol. The molecule has 1 aliphatic heterocycles. The highest BCUT2D eigenvalue weighted by atomic mass is 16.1. The molecule has 0 radical (unpaired) electrons. The van der Waals surface area contributed by atoms with Crippen LogP contribution < -0.4 is 10.6 Å². The molecule has 2 saturated carbocycles. The molecule has 4 heteroatoms. The van der Waals surface area contributed by atoms with Gasteiger partial charge < -0.3 is 10.6 Å². The van der Waals surface area contributed by atoms with E-state index in [9.17, 15) is 4.79 Å². The quantitative estimate of drug-likeness (QED) is 0.614. The predicted molar refractivity (Wildman–Crippen MR) is 122 cm³/mol. The van der Waals surface area contributed by atoms with Gasteiger partial charge in [-0.05, 0) is 83.9 Å². The first kappa shape index (κ1) is 18.6. The van der Waals surface area contributed by atoms with Gasteiger partial charge in [-0.15, -0.1) is 0 Å². The fourth-order valence-electron chi connectivity index (χ4n) is 6.40. The average Bonchev–Trinajstić information content (AvgIpc) is 3.46. The van der Waals surface area contributed by atoms with Gasteiger partial charge in [0.05, 0.1) is 6.04 Å². The summed E-state index contributed by atoms with van der Waals surface area (Å²) in [6, 6.07) is 21.4. The minimum Gasteiger partial charge on any atom is -0.378 e. The molecule has 0 unspecified atom stereocenters. The number of nitrogens with zero attached hydrogens (tertiary/aromatic N) is 1. The van der Waals surface area contributed by atoms with Gasteiger partial charge in [0.1, 0.15) is 0 Å². The van der Waals surface area contributed by atoms with Crippen molar-refractivity contribution in [3.63, 3.8) is 0 Å². The molecule has 4 nitrogen and oxygen atoms in total. The smallest absolute Gasteiger partial charge is 0.251 e. The van der Waals surface area contributed by atoms with E-state index >= 15 is 0 Å². The highest BCUT2D eigenvalue weighted by Crippen LogP contribution is 2.63. The standard InChI is InChI=1S/C27H27N3O/c31-27(29-16-17-5-4-12-28-15-17)21-10-11-23-22(14-21)24-19-8-9-20(13-19)25(24)26(30-23)18-6-2-1-3-7-18/h1-7,10-12,14-15,19-20,24-26,30H,8-9,13,16H2,(H,29,31)/t19-,20+,24-,25-,26-/m0/s1. The maximum Gasteiger partial charge on any atom is 0.251 e. The van der Waals surface area contributed by atoms with Gasteiger partial charge in [0.25, 0.3) is 5.91 Å². The van der Waals surface area contributed by atoms with Crippen LogP contribution in [0, 0.1) is 17.8 Å². The Labute approximate surface area is 183 Å². The lowest BCUT2D eigenvalue weighted by Crippen LogP contribution is -2.35. The van der Waals surface area contributed by atoms with E-state index in [0.29, 0.717) is 24.4 Å². The molecule has 2 heterocycles. The molecule has 2 aromatic carbocycles. The van der Waals surface area contributed by atoms with Gasteiger partial charge in [0.2, 0.25) is 0 Å². The summed E-state index contributed by atoms with van der Waals surface area (Å²) in [5.41, 5.74) is 5.69. The molecule has 5 atom stereocenters. The summed E-state index contributed by atoms with van der Waals surface area (Å²) in [5, 5.41) is 6.90. The zero-order valence-corrected chi connectivity index (χ0v) is 17.5. The number of benzene rings is 2. The third-order valence-corrected chi connectivity index (χ3v) is 7.68. The minimum absolute atomic E-state index is 0.0171. The summed E-state index contributed by atoms with van der Waals surface area (Å²) in [6.07, 6.45) is 7.54. The second-order valence-electron chi connectivity index (χ2n) is 9.32. The maximum absolute atomic E-state index is 12.9. The second-order valence-corrected chi connectivity index (χ2v) is 9.32. The lowest BCUT2D eigenvalue weighted by Gasteiger charge is -2.43. The Morgan fingerprint density at radius 3 is 2.74 bits per heavy atom. The van der Waals surface area contributed by atoms with E-state index in [-0.39, 0.29) is 5.91 Å². The molecule has 3 aromatic rings. The Kier molecular flexibility index (Phi) is 4.52. The van der Waals surface area contributed by atoms with Crippen LogP contribution in [-0.2, 0) is 6.54 Å². The van der Waals surface area contributed by atoms with Gasteiger partial charge in [-0.25, -0.2) is 0 Å². The Balaban J connectivity index is 1.30. The molecular formula is C27H27N3O. The fourth-order valence-corrected chi connectivity index (χ4v) is 6.40. The zero-order chi connectivity index (χ0) is 20.8. The average molecular weight is 410 g/mol. The molecule has 0 saturated heterocycles. The van der Waals surface area contributed by atoms with E-state index in [1.807, 2.05) is 18.2 Å². The molecule has 156 valence electrons. The topological polar surface area (TPSA) is 54.0 Å². The summed E-state index contributed by atoms with van der Waals surface area (Å²) in [5.74, 6) is 2.67. The van der Waals surface area contributed by atoms with Crippen LogP contribution in [0.1, 0.15) is 58.3 Å². The minimum atomic E-state index is -0.0171. The normalized spacial score (nSPS) is 27.8. The largest absolute Gasteiger partial charge is 0.378 e. The fraction of sp³-hybridized carbons (Fsp3) is 0.333. The van der Waals surface area contributed by atoms with Crippen LogP contribution in [0.2, 0.25) is 0 Å². The summed E-state index contributed by atoms with van der Waals surface area (Å²) >= 11 is 0. The molecule has 2 N–H and O–H groups in total. The van der Waals surface area contributed by atoms with Crippen molar-refractivity contribution in [1.29, 1.82) is 0 Å². The SMILES string of the molecule is O=C(NCc1cccnc1)c1ccc2c(c1)[C@@H]1[C@H]3CC[C@H](C3)[C@@H]1[C@H](c1ccccc1)N2. The van der Waals surface area contributed by atoms with Gasteiger partial charge >= 0.3 is 0 Å². The molecular weight excluding hydrogens is 382 g/mol. The summed E-state index contributed by atoms with van der Waals surface area (Å²) in [4.78, 5) is 17.0. The maximum atomic E-state index is 12.9. The molecule has 2 aliphatic carbocycles. The Bertz CT molecular complexity index is 1100. The molecule has 1 aromatic heterocycles. The number of carbonyl (C=O) groups excluding carboxylic acids is 1. The van der Waals surface area contributed by atoms with Crippen molar-refractivity contribution in [3.8, 4) is 0 Å². The van der Waals surface area contributed by atoms with Crippen LogP contribution in [0.5, 0.6) is 0 Å². The predicted octanol–water partition coefficient (Wildman–Crippen LogP) is 5.31. The number of nitrogens with one attached hydrogen (secondary N) is 2. The van der Waals surface area contributed by atoms with Crippen molar-refractivity contribution in [2.45, 2.75) is 37.8 Å². The molecule has 2 fully saturated rings. The number of hydrogen-bond donors (Lipinski definition) is 2. The van der Waals surface area contributed by atoms with Crippen LogP contribution in [-0.4, -0.2) is 10.9 Å². The van der Waals surface area contributed by atoms with Crippen molar-refractivity contribution in [1.82, 2.24) is 10.3 Å². The Hall–Kier alpha value is -3.14. The van der Waals surface area contributed by atoms with Crippen LogP contribution >= 0.6 is 0 Å². The van der Waals surface area contributed by atoms with E-state index < -0.39 is 0 Å². The molecule has 6 rings (SSSR count). The summed E-state index contributed by atoms with van der Waals surface area (Å²) < 4.78 is 0. The Morgan fingerprint density at radius 2 is 1.90 bits per heavy atom. The third-order valence-electron chi connectivity index (χ3n) is 7.68. The number of carbonyl (C=O) groups is 1. The van der Waals surface area contributed by atoms with Crippen LogP contribution in [0.3, 0.4) is 0 Å². The van der Waals surface area contributed by atoms with Crippen molar-refractivity contribution in [2.24, 2.45) is 17.8 Å². The van der Waals surface area contributed by atoms with Crippen molar-refractivity contribution >= 4 is 11.6 Å². The Morgan fingerprint density at radius 1 is 1.03 bits per heavy atom. The molecule has 3 aliphatic rings. The van der Waals surface area contributed by atoms with Crippen molar-refractivity contribution in [3.05, 3.63) is 95.3 Å². The van der Waals surface area contributed by atoms with Crippen molar-refractivity contribution < 1.29 is 4.79 Å². The molecule has 2 bridgehead atoms. The van der Waals surface area contributed by atoms with E-state index in [0.717, 1.165) is 23.0 Å². The lowest BCUT2D eigenvalue weighted by atomic mass is 9.68. The lowest BCUT2D eigenvalue weighted by molar-refractivity contribution is 0.0950. The number of aromatic nitrogens is 1. The van der Waals surface area contributed by atoms with E-state index in [1.165, 1.54) is 36.1 Å². The zero-order valence-electron chi connectivity index (χ0n) is 17.5. The molecule has 31 heavy (non-hydrogen) atoms. The molecule has 0 spiro atoms. The highest BCUT2D eigenvalue weighted by molar-refractivity contribution is 5.95. The first-order valence-electron chi connectivity index (χ1n) is 11.4. The van der Waals surface area contributed by atoms with Crippen LogP contribution in [0.4, 0.5) is 5.69 Å². The second kappa shape index (κ2) is 7.52. The van der Waals surface area contributed by atoms with Gasteiger partial charge in [0.15, 0.2) is 0 Å². The molecule has 1 amide bonds. The summed E-state index contributed by atoms with van der Waals surface area (Å²) in [7, 11) is 0. The van der Waals surface area contributed by atoms with E-state index in [1.54, 1.807) is 12.4 Å².